The Kier molecular flexibility index (Phi) is 4.31. The average molecular weight is 342 g/mol. The van der Waals surface area contributed by atoms with E-state index in [1.807, 2.05) is 30.2 Å². The number of rotatable bonds is 4. The van der Waals surface area contributed by atoms with Crippen molar-refractivity contribution < 1.29 is 14.3 Å². The van der Waals surface area contributed by atoms with E-state index in [0.717, 1.165) is 50.8 Å². The molecular formula is C18H22N4O3. The van der Waals surface area contributed by atoms with Gasteiger partial charge in [0, 0.05) is 45.5 Å². The lowest BCUT2D eigenvalue weighted by Crippen LogP contribution is -2.48. The van der Waals surface area contributed by atoms with E-state index in [1.54, 1.807) is 10.7 Å². The third-order valence-electron chi connectivity index (χ3n) is 4.69. The molecule has 1 fully saturated rings. The monoisotopic (exact) mass is 342 g/mol. The van der Waals surface area contributed by atoms with E-state index in [9.17, 15) is 4.79 Å². The summed E-state index contributed by atoms with van der Waals surface area (Å²) >= 11 is 0. The molecule has 0 spiro atoms. The van der Waals surface area contributed by atoms with E-state index in [-0.39, 0.29) is 5.91 Å². The van der Waals surface area contributed by atoms with Gasteiger partial charge in [-0.15, -0.1) is 0 Å². The number of hydrogen-bond donors (Lipinski definition) is 0. The molecule has 4 rings (SSSR count). The average Bonchev–Trinajstić information content (AvgIpc) is 3.30. The smallest absolute Gasteiger partial charge is 0.274 e. The van der Waals surface area contributed by atoms with Crippen molar-refractivity contribution in [3.8, 4) is 11.5 Å². The highest BCUT2D eigenvalue weighted by Crippen LogP contribution is 2.32. The number of carbonyl (C=O) groups excluding carboxylic acids is 1. The van der Waals surface area contributed by atoms with Crippen molar-refractivity contribution in [1.29, 1.82) is 0 Å². The first kappa shape index (κ1) is 16.0. The molecule has 3 heterocycles. The molecular weight excluding hydrogens is 320 g/mol. The lowest BCUT2D eigenvalue weighted by molar-refractivity contribution is 0.0622. The van der Waals surface area contributed by atoms with E-state index in [1.165, 1.54) is 5.56 Å². The minimum absolute atomic E-state index is 0.0231. The predicted molar refractivity (Wildman–Crippen MR) is 91.6 cm³/mol. The fourth-order valence-corrected chi connectivity index (χ4v) is 3.22. The molecule has 0 saturated carbocycles. The highest BCUT2D eigenvalue weighted by Gasteiger charge is 2.24. The van der Waals surface area contributed by atoms with Crippen LogP contribution in [0, 0.1) is 0 Å². The second-order valence-electron chi connectivity index (χ2n) is 6.31. The zero-order valence-electron chi connectivity index (χ0n) is 14.4. The molecule has 2 aliphatic rings. The summed E-state index contributed by atoms with van der Waals surface area (Å²) in [6, 6.07) is 7.87. The van der Waals surface area contributed by atoms with Crippen LogP contribution in [-0.4, -0.2) is 58.5 Å². The van der Waals surface area contributed by atoms with E-state index < -0.39 is 0 Å². The molecule has 25 heavy (non-hydrogen) atoms. The van der Waals surface area contributed by atoms with Gasteiger partial charge in [0.1, 0.15) is 5.69 Å². The van der Waals surface area contributed by atoms with E-state index in [4.69, 9.17) is 9.47 Å². The minimum atomic E-state index is 0.0231. The first-order valence-electron chi connectivity index (χ1n) is 8.66. The van der Waals surface area contributed by atoms with Crippen molar-refractivity contribution in [1.82, 2.24) is 19.6 Å². The molecule has 1 amide bonds. The van der Waals surface area contributed by atoms with E-state index in [2.05, 4.69) is 16.1 Å². The first-order chi connectivity index (χ1) is 12.2. The van der Waals surface area contributed by atoms with E-state index >= 15 is 0 Å². The Morgan fingerprint density at radius 2 is 1.92 bits per heavy atom. The van der Waals surface area contributed by atoms with Gasteiger partial charge in [-0.2, -0.15) is 5.10 Å². The molecule has 132 valence electrons. The number of piperazine rings is 1. The van der Waals surface area contributed by atoms with Gasteiger partial charge in [-0.05, 0) is 30.7 Å². The molecule has 7 nitrogen and oxygen atoms in total. The molecule has 2 aromatic rings. The molecule has 0 atom stereocenters. The number of fused-ring (bicyclic) bond motifs is 1. The van der Waals surface area contributed by atoms with Crippen molar-refractivity contribution >= 4 is 5.91 Å². The lowest BCUT2D eigenvalue weighted by Gasteiger charge is -2.34. The minimum Gasteiger partial charge on any atom is -0.454 e. The quantitative estimate of drug-likeness (QED) is 0.844. The third kappa shape index (κ3) is 3.32. The maximum Gasteiger partial charge on any atom is 0.274 e. The van der Waals surface area contributed by atoms with Crippen molar-refractivity contribution in [3.63, 3.8) is 0 Å². The molecule has 0 radical (unpaired) electrons. The maximum absolute atomic E-state index is 12.5. The van der Waals surface area contributed by atoms with Crippen LogP contribution in [0.5, 0.6) is 11.5 Å². The predicted octanol–water partition coefficient (Wildman–Crippen LogP) is 1.59. The summed E-state index contributed by atoms with van der Waals surface area (Å²) in [5.74, 6) is 1.65. The second kappa shape index (κ2) is 6.76. The standard InChI is InChI=1S/C18H22N4O3/c1-2-22-6-5-15(19-22)18(23)21-9-7-20(8-10-21)12-14-3-4-16-17(11-14)25-13-24-16/h3-6,11H,2,7-10,12-13H2,1H3. The topological polar surface area (TPSA) is 59.8 Å². The Morgan fingerprint density at radius 1 is 1.12 bits per heavy atom. The molecule has 0 unspecified atom stereocenters. The van der Waals surface area contributed by atoms with E-state index in [0.29, 0.717) is 12.5 Å². The van der Waals surface area contributed by atoms with Gasteiger partial charge in [-0.3, -0.25) is 14.4 Å². The molecule has 0 aliphatic carbocycles. The van der Waals surface area contributed by atoms with Crippen LogP contribution in [0.25, 0.3) is 0 Å². The fourth-order valence-electron chi connectivity index (χ4n) is 3.22. The van der Waals surface area contributed by atoms with Crippen LogP contribution in [0.3, 0.4) is 0 Å². The SMILES string of the molecule is CCn1ccc(C(=O)N2CCN(Cc3ccc4c(c3)OCO4)CC2)n1. The molecule has 7 heteroatoms. The summed E-state index contributed by atoms with van der Waals surface area (Å²) in [4.78, 5) is 16.8. The van der Waals surface area contributed by atoms with Gasteiger partial charge >= 0.3 is 0 Å². The van der Waals surface area contributed by atoms with Crippen LogP contribution in [0.4, 0.5) is 0 Å². The molecule has 1 aromatic heterocycles. The Morgan fingerprint density at radius 3 is 2.68 bits per heavy atom. The van der Waals surface area contributed by atoms with Crippen molar-refractivity contribution in [2.45, 2.75) is 20.0 Å². The summed E-state index contributed by atoms with van der Waals surface area (Å²) < 4.78 is 12.6. The van der Waals surface area contributed by atoms with Gasteiger partial charge < -0.3 is 14.4 Å². The number of benzene rings is 1. The number of nitrogens with zero attached hydrogens (tertiary/aromatic N) is 4. The summed E-state index contributed by atoms with van der Waals surface area (Å²) in [6.07, 6.45) is 1.85. The Bertz CT molecular complexity index is 765. The zero-order chi connectivity index (χ0) is 17.2. The number of aryl methyl sites for hydroxylation is 1. The Labute approximate surface area is 146 Å². The molecule has 2 aliphatic heterocycles. The molecule has 0 N–H and O–H groups in total. The fraction of sp³-hybridized carbons (Fsp3) is 0.444. The number of ether oxygens (including phenoxy) is 2. The number of carbonyl (C=O) groups is 1. The largest absolute Gasteiger partial charge is 0.454 e. The normalized spacial score (nSPS) is 17.1. The van der Waals surface area contributed by atoms with Crippen LogP contribution in [0.15, 0.2) is 30.5 Å². The molecule has 0 bridgehead atoms. The van der Waals surface area contributed by atoms with Crippen molar-refractivity contribution in [2.75, 3.05) is 33.0 Å². The van der Waals surface area contributed by atoms with Gasteiger partial charge in [0.15, 0.2) is 11.5 Å². The van der Waals surface area contributed by atoms with Crippen LogP contribution in [0.2, 0.25) is 0 Å². The maximum atomic E-state index is 12.5. The van der Waals surface area contributed by atoms with Crippen LogP contribution in [0.1, 0.15) is 23.0 Å². The van der Waals surface area contributed by atoms with Crippen LogP contribution in [-0.2, 0) is 13.1 Å². The third-order valence-corrected chi connectivity index (χ3v) is 4.69. The summed E-state index contributed by atoms with van der Waals surface area (Å²) in [5, 5.41) is 4.31. The Hall–Kier alpha value is -2.54. The summed E-state index contributed by atoms with van der Waals surface area (Å²) in [5.41, 5.74) is 1.73. The van der Waals surface area contributed by atoms with Gasteiger partial charge in [0.25, 0.3) is 5.91 Å². The first-order valence-corrected chi connectivity index (χ1v) is 8.66. The van der Waals surface area contributed by atoms with Crippen LogP contribution >= 0.6 is 0 Å². The highest BCUT2D eigenvalue weighted by molar-refractivity contribution is 5.92. The number of hydrogen-bond acceptors (Lipinski definition) is 5. The van der Waals surface area contributed by atoms with Crippen molar-refractivity contribution in [2.24, 2.45) is 0 Å². The van der Waals surface area contributed by atoms with Gasteiger partial charge in [0.05, 0.1) is 0 Å². The van der Waals surface area contributed by atoms with Gasteiger partial charge in [-0.1, -0.05) is 6.07 Å². The highest BCUT2D eigenvalue weighted by atomic mass is 16.7. The van der Waals surface area contributed by atoms with Gasteiger partial charge in [-0.25, -0.2) is 0 Å². The van der Waals surface area contributed by atoms with Crippen molar-refractivity contribution in [3.05, 3.63) is 41.7 Å². The zero-order valence-corrected chi connectivity index (χ0v) is 14.4. The lowest BCUT2D eigenvalue weighted by atomic mass is 10.1. The number of aromatic nitrogens is 2. The van der Waals surface area contributed by atoms with Crippen LogP contribution < -0.4 is 9.47 Å². The molecule has 1 saturated heterocycles. The summed E-state index contributed by atoms with van der Waals surface area (Å²) in [6.45, 7) is 7.09. The van der Waals surface area contributed by atoms with Gasteiger partial charge in [0.2, 0.25) is 6.79 Å². The summed E-state index contributed by atoms with van der Waals surface area (Å²) in [7, 11) is 0. The number of amides is 1. The Balaban J connectivity index is 1.33. The molecule has 1 aromatic carbocycles. The second-order valence-corrected chi connectivity index (χ2v) is 6.31.